The van der Waals surface area contributed by atoms with Gasteiger partial charge in [0.2, 0.25) is 0 Å². The van der Waals surface area contributed by atoms with Crippen LogP contribution in [0, 0.1) is 5.92 Å². The van der Waals surface area contributed by atoms with Crippen LogP contribution in [0.5, 0.6) is 0 Å². The number of halogens is 1. The molecule has 0 aliphatic carbocycles. The van der Waals surface area contributed by atoms with Gasteiger partial charge in [-0.05, 0) is 12.8 Å². The molecule has 0 spiro atoms. The fourth-order valence-electron chi connectivity index (χ4n) is 1.85. The molecule has 0 bridgehead atoms. The van der Waals surface area contributed by atoms with E-state index >= 15 is 0 Å². The van der Waals surface area contributed by atoms with Crippen LogP contribution >= 0.6 is 11.6 Å². The molecule has 9 heteroatoms. The smallest absolute Gasteiger partial charge is 0.255 e. The number of nitrogens with zero attached hydrogens (tertiary/aromatic N) is 7. The first-order chi connectivity index (χ1) is 10.1. The summed E-state index contributed by atoms with van der Waals surface area (Å²) in [6, 6.07) is 0.207. The number of fused-ring (bicyclic) bond motifs is 1. The number of hydrogen-bond donors (Lipinski definition) is 1. The lowest BCUT2D eigenvalue weighted by atomic mass is 10.1. The largest absolute Gasteiger partial charge is 0.365 e. The highest BCUT2D eigenvalue weighted by Gasteiger charge is 2.20. The van der Waals surface area contributed by atoms with Gasteiger partial charge >= 0.3 is 0 Å². The lowest BCUT2D eigenvalue weighted by Crippen LogP contribution is -2.25. The number of rotatable bonds is 4. The zero-order valence-corrected chi connectivity index (χ0v) is 12.7. The average Bonchev–Trinajstić information content (AvgIpc) is 3.08. The number of hydrogen-bond acceptors (Lipinski definition) is 6. The van der Waals surface area contributed by atoms with Crippen LogP contribution in [0.15, 0.2) is 18.7 Å². The molecule has 1 atom stereocenters. The van der Waals surface area contributed by atoms with E-state index in [-0.39, 0.29) is 6.04 Å². The van der Waals surface area contributed by atoms with Crippen molar-refractivity contribution < 1.29 is 0 Å². The first-order valence-electron chi connectivity index (χ1n) is 6.60. The van der Waals surface area contributed by atoms with Crippen LogP contribution in [0.2, 0.25) is 5.15 Å². The molecule has 0 saturated carbocycles. The van der Waals surface area contributed by atoms with Crippen molar-refractivity contribution in [2.24, 2.45) is 5.92 Å². The molecule has 0 aliphatic heterocycles. The van der Waals surface area contributed by atoms with Gasteiger partial charge in [-0.1, -0.05) is 30.7 Å². The molecule has 0 fully saturated rings. The van der Waals surface area contributed by atoms with E-state index in [1.54, 1.807) is 21.6 Å². The fraction of sp³-hybridized carbons (Fsp3) is 0.417. The van der Waals surface area contributed by atoms with Crippen molar-refractivity contribution in [2.45, 2.75) is 26.8 Å². The fourth-order valence-corrected chi connectivity index (χ4v) is 2.10. The summed E-state index contributed by atoms with van der Waals surface area (Å²) in [7, 11) is 0. The SMILES string of the molecule is CC(C)C(C)Nc1c(-n2ccnn2)c(Cl)nc2ncnn12. The normalized spacial score (nSPS) is 13.0. The molecule has 3 rings (SSSR count). The summed E-state index contributed by atoms with van der Waals surface area (Å²) in [6.45, 7) is 6.36. The van der Waals surface area contributed by atoms with Crippen molar-refractivity contribution in [1.29, 1.82) is 0 Å². The summed E-state index contributed by atoms with van der Waals surface area (Å²) in [5, 5.41) is 15.7. The van der Waals surface area contributed by atoms with E-state index in [0.29, 0.717) is 28.4 Å². The predicted octanol–water partition coefficient (Wildman–Crippen LogP) is 1.81. The zero-order valence-electron chi connectivity index (χ0n) is 11.9. The molecule has 0 amide bonds. The van der Waals surface area contributed by atoms with Crippen LogP contribution in [0.25, 0.3) is 11.5 Å². The molecule has 1 N–H and O–H groups in total. The Balaban J connectivity index is 2.22. The van der Waals surface area contributed by atoms with Gasteiger partial charge in [0.25, 0.3) is 5.78 Å². The molecule has 8 nitrogen and oxygen atoms in total. The number of anilines is 1. The van der Waals surface area contributed by atoms with Crippen molar-refractivity contribution in [3.05, 3.63) is 23.9 Å². The summed E-state index contributed by atoms with van der Waals surface area (Å²) in [5.41, 5.74) is 0.597. The van der Waals surface area contributed by atoms with E-state index in [1.807, 2.05) is 0 Å². The molecule has 3 heterocycles. The molecule has 0 aliphatic rings. The van der Waals surface area contributed by atoms with Crippen LogP contribution in [0.4, 0.5) is 5.82 Å². The van der Waals surface area contributed by atoms with E-state index in [1.165, 1.54) is 6.33 Å². The van der Waals surface area contributed by atoms with Crippen LogP contribution < -0.4 is 5.32 Å². The Morgan fingerprint density at radius 2 is 2.10 bits per heavy atom. The maximum Gasteiger partial charge on any atom is 0.255 e. The zero-order chi connectivity index (χ0) is 15.0. The molecule has 21 heavy (non-hydrogen) atoms. The lowest BCUT2D eigenvalue weighted by Gasteiger charge is -2.21. The Morgan fingerprint density at radius 1 is 1.29 bits per heavy atom. The molecule has 3 aromatic rings. The molecular formula is C12H15ClN8. The summed E-state index contributed by atoms with van der Waals surface area (Å²) in [5.74, 6) is 1.55. The second kappa shape index (κ2) is 5.28. The first kappa shape index (κ1) is 13.7. The Labute approximate surface area is 126 Å². The van der Waals surface area contributed by atoms with Gasteiger partial charge in [0.1, 0.15) is 12.0 Å². The van der Waals surface area contributed by atoms with Gasteiger partial charge in [0.05, 0.1) is 12.4 Å². The average molecular weight is 307 g/mol. The number of nitrogens with one attached hydrogen (secondary N) is 1. The Bertz CT molecular complexity index is 748. The molecular weight excluding hydrogens is 292 g/mol. The maximum absolute atomic E-state index is 6.30. The van der Waals surface area contributed by atoms with Crippen molar-refractivity contribution in [2.75, 3.05) is 5.32 Å². The van der Waals surface area contributed by atoms with Crippen LogP contribution in [0.3, 0.4) is 0 Å². The second-order valence-electron chi connectivity index (χ2n) is 5.10. The first-order valence-corrected chi connectivity index (χ1v) is 6.98. The van der Waals surface area contributed by atoms with Crippen LogP contribution in [-0.4, -0.2) is 40.6 Å². The second-order valence-corrected chi connectivity index (χ2v) is 5.45. The van der Waals surface area contributed by atoms with E-state index < -0.39 is 0 Å². The van der Waals surface area contributed by atoms with Gasteiger partial charge in [-0.25, -0.2) is 4.68 Å². The Morgan fingerprint density at radius 3 is 2.76 bits per heavy atom. The third-order valence-electron chi connectivity index (χ3n) is 3.38. The highest BCUT2D eigenvalue weighted by Crippen LogP contribution is 2.27. The van der Waals surface area contributed by atoms with Gasteiger partial charge in [-0.15, -0.1) is 5.10 Å². The molecule has 1 unspecified atom stereocenters. The lowest BCUT2D eigenvalue weighted by molar-refractivity contribution is 0.555. The van der Waals surface area contributed by atoms with Crippen molar-refractivity contribution in [1.82, 2.24) is 34.6 Å². The third kappa shape index (κ3) is 2.42. The summed E-state index contributed by atoms with van der Waals surface area (Å²) < 4.78 is 3.17. The molecule has 3 aromatic heterocycles. The van der Waals surface area contributed by atoms with Crippen molar-refractivity contribution >= 4 is 23.2 Å². The molecule has 110 valence electrons. The molecule has 0 aromatic carbocycles. The minimum absolute atomic E-state index is 0.207. The summed E-state index contributed by atoms with van der Waals surface area (Å²) >= 11 is 6.30. The topological polar surface area (TPSA) is 85.8 Å². The van der Waals surface area contributed by atoms with E-state index in [0.717, 1.165) is 0 Å². The van der Waals surface area contributed by atoms with Crippen molar-refractivity contribution in [3.63, 3.8) is 0 Å². The van der Waals surface area contributed by atoms with Gasteiger partial charge in [0, 0.05) is 6.04 Å². The maximum atomic E-state index is 6.30. The third-order valence-corrected chi connectivity index (χ3v) is 3.64. The molecule has 0 radical (unpaired) electrons. The van der Waals surface area contributed by atoms with Gasteiger partial charge in [-0.3, -0.25) is 0 Å². The Hall–Kier alpha value is -2.22. The van der Waals surface area contributed by atoms with Crippen LogP contribution in [-0.2, 0) is 0 Å². The van der Waals surface area contributed by atoms with Crippen molar-refractivity contribution in [3.8, 4) is 5.69 Å². The minimum Gasteiger partial charge on any atom is -0.365 e. The van der Waals surface area contributed by atoms with E-state index in [2.05, 4.69) is 51.5 Å². The minimum atomic E-state index is 0.207. The van der Waals surface area contributed by atoms with E-state index in [4.69, 9.17) is 11.6 Å². The van der Waals surface area contributed by atoms with Gasteiger partial charge in [-0.2, -0.15) is 19.6 Å². The highest BCUT2D eigenvalue weighted by molar-refractivity contribution is 6.31. The van der Waals surface area contributed by atoms with Crippen LogP contribution in [0.1, 0.15) is 20.8 Å². The monoisotopic (exact) mass is 306 g/mol. The molecule has 0 saturated heterocycles. The standard InChI is InChI=1S/C12H15ClN8/c1-7(2)8(3)17-11-9(20-5-4-15-19-20)10(13)18-12-14-6-16-21(11)12/h4-8,17H,1-3H3. The van der Waals surface area contributed by atoms with Gasteiger partial charge < -0.3 is 5.32 Å². The summed E-state index contributed by atoms with van der Waals surface area (Å²) in [4.78, 5) is 8.32. The van der Waals surface area contributed by atoms with Gasteiger partial charge in [0.15, 0.2) is 11.0 Å². The number of aromatic nitrogens is 7. The predicted molar refractivity (Wildman–Crippen MR) is 78.6 cm³/mol. The Kier molecular flexibility index (Phi) is 3.46. The quantitative estimate of drug-likeness (QED) is 0.740. The highest BCUT2D eigenvalue weighted by atomic mass is 35.5. The summed E-state index contributed by atoms with van der Waals surface area (Å²) in [6.07, 6.45) is 4.73. The van der Waals surface area contributed by atoms with E-state index in [9.17, 15) is 0 Å².